The Morgan fingerprint density at radius 1 is 1.00 bits per heavy atom. The molecule has 18 heavy (non-hydrogen) atoms. The molecule has 0 bridgehead atoms. The first kappa shape index (κ1) is 13.5. The summed E-state index contributed by atoms with van der Waals surface area (Å²) in [5.41, 5.74) is 6.54. The van der Waals surface area contributed by atoms with Gasteiger partial charge < -0.3 is 10.5 Å². The minimum atomic E-state index is 0.317. The second-order valence-corrected chi connectivity index (χ2v) is 4.81. The molecule has 0 aliphatic heterocycles. The van der Waals surface area contributed by atoms with Crippen LogP contribution in [0.25, 0.3) is 0 Å². The molecule has 0 atom stereocenters. The zero-order valence-electron chi connectivity index (χ0n) is 9.29. The highest BCUT2D eigenvalue weighted by Crippen LogP contribution is 2.36. The minimum absolute atomic E-state index is 0.317. The van der Waals surface area contributed by atoms with Crippen LogP contribution in [0.15, 0.2) is 36.4 Å². The van der Waals surface area contributed by atoms with E-state index in [1.165, 1.54) is 0 Å². The second kappa shape index (κ2) is 5.81. The Kier molecular flexibility index (Phi) is 4.36. The molecule has 0 radical (unpaired) electrons. The molecule has 2 N–H and O–H groups in total. The standard InChI is InChI=1S/C13H10Cl3NO/c14-10-5-9(6-11(15)13(10)16)18-12-4-2-1-3-8(12)7-17/h1-6H,7,17H2. The van der Waals surface area contributed by atoms with Crippen molar-refractivity contribution in [2.75, 3.05) is 0 Å². The average Bonchev–Trinajstić information content (AvgIpc) is 2.36. The van der Waals surface area contributed by atoms with Crippen molar-refractivity contribution in [3.63, 3.8) is 0 Å². The number of para-hydroxylation sites is 1. The van der Waals surface area contributed by atoms with Gasteiger partial charge in [-0.3, -0.25) is 0 Å². The molecule has 0 spiro atoms. The molecule has 2 aromatic rings. The molecule has 0 unspecified atom stereocenters. The second-order valence-electron chi connectivity index (χ2n) is 3.61. The highest BCUT2D eigenvalue weighted by molar-refractivity contribution is 6.48. The van der Waals surface area contributed by atoms with Crippen LogP contribution in [-0.2, 0) is 6.54 Å². The summed E-state index contributed by atoms with van der Waals surface area (Å²) in [6.07, 6.45) is 0. The summed E-state index contributed by atoms with van der Waals surface area (Å²) < 4.78 is 5.71. The number of benzene rings is 2. The zero-order chi connectivity index (χ0) is 13.1. The molecule has 2 rings (SSSR count). The monoisotopic (exact) mass is 301 g/mol. The third-order valence-electron chi connectivity index (χ3n) is 2.38. The maximum Gasteiger partial charge on any atom is 0.131 e. The van der Waals surface area contributed by atoms with Crippen molar-refractivity contribution in [3.05, 3.63) is 57.0 Å². The third-order valence-corrected chi connectivity index (χ3v) is 3.57. The molecule has 0 amide bonds. The van der Waals surface area contributed by atoms with Crippen LogP contribution < -0.4 is 10.5 Å². The molecular weight excluding hydrogens is 293 g/mol. The highest BCUT2D eigenvalue weighted by atomic mass is 35.5. The van der Waals surface area contributed by atoms with E-state index >= 15 is 0 Å². The van der Waals surface area contributed by atoms with E-state index in [1.807, 2.05) is 24.3 Å². The zero-order valence-corrected chi connectivity index (χ0v) is 11.6. The fourth-order valence-corrected chi connectivity index (χ4v) is 2.07. The van der Waals surface area contributed by atoms with E-state index in [2.05, 4.69) is 0 Å². The highest BCUT2D eigenvalue weighted by Gasteiger charge is 2.09. The molecule has 0 aliphatic carbocycles. The molecule has 0 saturated heterocycles. The van der Waals surface area contributed by atoms with Gasteiger partial charge in [0, 0.05) is 24.2 Å². The Morgan fingerprint density at radius 3 is 2.22 bits per heavy atom. The summed E-state index contributed by atoms with van der Waals surface area (Å²) in [7, 11) is 0. The summed E-state index contributed by atoms with van der Waals surface area (Å²) in [4.78, 5) is 0. The first-order chi connectivity index (χ1) is 8.61. The van der Waals surface area contributed by atoms with E-state index in [-0.39, 0.29) is 0 Å². The van der Waals surface area contributed by atoms with Gasteiger partial charge in [0.25, 0.3) is 0 Å². The normalized spacial score (nSPS) is 10.4. The third kappa shape index (κ3) is 2.90. The lowest BCUT2D eigenvalue weighted by atomic mass is 10.2. The predicted octanol–water partition coefficient (Wildman–Crippen LogP) is 4.90. The Labute approximate surface area is 120 Å². The van der Waals surface area contributed by atoms with Crippen molar-refractivity contribution in [1.82, 2.24) is 0 Å². The van der Waals surface area contributed by atoms with E-state index in [9.17, 15) is 0 Å². The van der Waals surface area contributed by atoms with Crippen LogP contribution in [0.3, 0.4) is 0 Å². The smallest absolute Gasteiger partial charge is 0.131 e. The maximum atomic E-state index is 5.94. The lowest BCUT2D eigenvalue weighted by Gasteiger charge is -2.11. The van der Waals surface area contributed by atoms with Gasteiger partial charge in [-0.25, -0.2) is 0 Å². The fourth-order valence-electron chi connectivity index (χ4n) is 1.49. The molecule has 94 valence electrons. The van der Waals surface area contributed by atoms with Crippen LogP contribution in [0.1, 0.15) is 5.56 Å². The van der Waals surface area contributed by atoms with E-state index in [4.69, 9.17) is 45.3 Å². The SMILES string of the molecule is NCc1ccccc1Oc1cc(Cl)c(Cl)c(Cl)c1. The van der Waals surface area contributed by atoms with Crippen LogP contribution in [-0.4, -0.2) is 0 Å². The van der Waals surface area contributed by atoms with Gasteiger partial charge in [-0.15, -0.1) is 0 Å². The number of hydrogen-bond donors (Lipinski definition) is 1. The van der Waals surface area contributed by atoms with Crippen molar-refractivity contribution < 1.29 is 4.74 Å². The van der Waals surface area contributed by atoms with Crippen LogP contribution in [0, 0.1) is 0 Å². The Bertz CT molecular complexity index is 549. The summed E-state index contributed by atoms with van der Waals surface area (Å²) in [6.45, 7) is 0.394. The molecule has 0 heterocycles. The summed E-state index contributed by atoms with van der Waals surface area (Å²) in [6, 6.07) is 10.7. The van der Waals surface area contributed by atoms with Gasteiger partial charge in [0.15, 0.2) is 0 Å². The van der Waals surface area contributed by atoms with Gasteiger partial charge in [0.05, 0.1) is 15.1 Å². The predicted molar refractivity (Wildman–Crippen MR) is 75.9 cm³/mol. The summed E-state index contributed by atoms with van der Waals surface area (Å²) in [5, 5.41) is 1.02. The maximum absolute atomic E-state index is 5.94. The first-order valence-electron chi connectivity index (χ1n) is 5.22. The van der Waals surface area contributed by atoms with Crippen molar-refractivity contribution in [2.24, 2.45) is 5.73 Å². The number of ether oxygens (including phenoxy) is 1. The topological polar surface area (TPSA) is 35.2 Å². The van der Waals surface area contributed by atoms with Gasteiger partial charge in [-0.1, -0.05) is 53.0 Å². The summed E-state index contributed by atoms with van der Waals surface area (Å²) >= 11 is 17.7. The molecule has 0 aromatic heterocycles. The van der Waals surface area contributed by atoms with Crippen LogP contribution >= 0.6 is 34.8 Å². The van der Waals surface area contributed by atoms with Gasteiger partial charge in [-0.2, -0.15) is 0 Å². The van der Waals surface area contributed by atoms with Crippen LogP contribution in [0.5, 0.6) is 11.5 Å². The van der Waals surface area contributed by atoms with Gasteiger partial charge in [0.2, 0.25) is 0 Å². The number of hydrogen-bond acceptors (Lipinski definition) is 2. The van der Waals surface area contributed by atoms with Crippen LogP contribution in [0.2, 0.25) is 15.1 Å². The Hall–Kier alpha value is -0.930. The molecule has 2 nitrogen and oxygen atoms in total. The van der Waals surface area contributed by atoms with Crippen molar-refractivity contribution in [3.8, 4) is 11.5 Å². The Balaban J connectivity index is 2.34. The number of halogens is 3. The minimum Gasteiger partial charge on any atom is -0.457 e. The van der Waals surface area contributed by atoms with Crippen molar-refractivity contribution in [2.45, 2.75) is 6.54 Å². The Morgan fingerprint density at radius 2 is 1.61 bits per heavy atom. The quantitative estimate of drug-likeness (QED) is 0.819. The fraction of sp³-hybridized carbons (Fsp3) is 0.0769. The molecule has 5 heteroatoms. The first-order valence-corrected chi connectivity index (χ1v) is 6.35. The van der Waals surface area contributed by atoms with Crippen LogP contribution in [0.4, 0.5) is 0 Å². The van der Waals surface area contributed by atoms with Crippen molar-refractivity contribution >= 4 is 34.8 Å². The van der Waals surface area contributed by atoms with Gasteiger partial charge in [0.1, 0.15) is 11.5 Å². The summed E-state index contributed by atoms with van der Waals surface area (Å²) in [5.74, 6) is 1.20. The van der Waals surface area contributed by atoms with E-state index < -0.39 is 0 Å². The number of rotatable bonds is 3. The molecule has 2 aromatic carbocycles. The van der Waals surface area contributed by atoms with Gasteiger partial charge >= 0.3 is 0 Å². The number of nitrogens with two attached hydrogens (primary N) is 1. The largest absolute Gasteiger partial charge is 0.457 e. The van der Waals surface area contributed by atoms with Gasteiger partial charge in [-0.05, 0) is 6.07 Å². The molecule has 0 saturated carbocycles. The van der Waals surface area contributed by atoms with E-state index in [1.54, 1.807) is 12.1 Å². The molecular formula is C13H10Cl3NO. The lowest BCUT2D eigenvalue weighted by molar-refractivity contribution is 0.476. The van der Waals surface area contributed by atoms with E-state index in [0.717, 1.165) is 5.56 Å². The van der Waals surface area contributed by atoms with E-state index in [0.29, 0.717) is 33.1 Å². The average molecular weight is 303 g/mol. The van der Waals surface area contributed by atoms with Crippen molar-refractivity contribution in [1.29, 1.82) is 0 Å². The lowest BCUT2D eigenvalue weighted by Crippen LogP contribution is -1.99. The molecule has 0 aliphatic rings. The molecule has 0 fully saturated rings.